The van der Waals surface area contributed by atoms with Crippen LogP contribution < -0.4 is 5.32 Å². The highest BCUT2D eigenvalue weighted by Crippen LogP contribution is 2.28. The van der Waals surface area contributed by atoms with E-state index >= 15 is 0 Å². The molecule has 1 N–H and O–H groups in total. The first-order valence-electron chi connectivity index (χ1n) is 6.21. The Hall–Kier alpha value is -0.900. The molecule has 1 saturated carbocycles. The number of amides is 1. The number of carbonyl (C=O) groups is 1. The molecular weight excluding hydrogens is 234 g/mol. The van der Waals surface area contributed by atoms with Crippen molar-refractivity contribution in [1.82, 2.24) is 5.32 Å². The second-order valence-corrected chi connectivity index (χ2v) is 5.83. The summed E-state index contributed by atoms with van der Waals surface area (Å²) < 4.78 is 5.11. The zero-order valence-electron chi connectivity index (χ0n) is 10.2. The van der Waals surface area contributed by atoms with E-state index in [2.05, 4.69) is 5.32 Å². The summed E-state index contributed by atoms with van der Waals surface area (Å²) in [5.41, 5.74) is 0.649. The minimum Gasteiger partial charge on any atom is -0.469 e. The van der Waals surface area contributed by atoms with Crippen molar-refractivity contribution in [2.75, 3.05) is 12.3 Å². The van der Waals surface area contributed by atoms with Gasteiger partial charge in [0.25, 0.3) is 5.91 Å². The Bertz CT molecular complexity index is 369. The van der Waals surface area contributed by atoms with E-state index in [-0.39, 0.29) is 5.91 Å². The number of nitrogens with one attached hydrogen (secondary N) is 1. The van der Waals surface area contributed by atoms with Gasteiger partial charge < -0.3 is 9.73 Å². The molecule has 1 heterocycles. The summed E-state index contributed by atoms with van der Waals surface area (Å²) in [5.74, 6) is 1.67. The van der Waals surface area contributed by atoms with Gasteiger partial charge in [0.1, 0.15) is 5.76 Å². The lowest BCUT2D eigenvalue weighted by Gasteiger charge is -2.09. The fourth-order valence-corrected chi connectivity index (χ4v) is 3.38. The Labute approximate surface area is 106 Å². The fraction of sp³-hybridized carbons (Fsp3) is 0.615. The van der Waals surface area contributed by atoms with Crippen LogP contribution in [-0.2, 0) is 0 Å². The van der Waals surface area contributed by atoms with Crippen LogP contribution in [0, 0.1) is 6.92 Å². The molecule has 94 valence electrons. The van der Waals surface area contributed by atoms with Crippen molar-refractivity contribution in [2.45, 2.75) is 37.9 Å². The molecule has 0 aromatic carbocycles. The quantitative estimate of drug-likeness (QED) is 0.820. The summed E-state index contributed by atoms with van der Waals surface area (Å²) in [6, 6.07) is 1.72. The lowest BCUT2D eigenvalue weighted by Crippen LogP contribution is -2.26. The Morgan fingerprint density at radius 1 is 1.53 bits per heavy atom. The van der Waals surface area contributed by atoms with E-state index in [0.717, 1.165) is 17.5 Å². The summed E-state index contributed by atoms with van der Waals surface area (Å²) in [7, 11) is 0. The van der Waals surface area contributed by atoms with Crippen molar-refractivity contribution in [2.24, 2.45) is 0 Å². The third kappa shape index (κ3) is 3.53. The molecule has 3 nitrogen and oxygen atoms in total. The van der Waals surface area contributed by atoms with Crippen molar-refractivity contribution in [3.8, 4) is 0 Å². The van der Waals surface area contributed by atoms with Gasteiger partial charge in [-0.2, -0.15) is 11.8 Å². The summed E-state index contributed by atoms with van der Waals surface area (Å²) >= 11 is 1.99. The van der Waals surface area contributed by atoms with Gasteiger partial charge in [-0.25, -0.2) is 0 Å². The first-order valence-corrected chi connectivity index (χ1v) is 7.26. The minimum atomic E-state index is -0.0247. The summed E-state index contributed by atoms with van der Waals surface area (Å²) in [6.07, 6.45) is 6.99. The first-order chi connectivity index (χ1) is 8.27. The maximum atomic E-state index is 11.7. The molecule has 0 unspecified atom stereocenters. The summed E-state index contributed by atoms with van der Waals surface area (Å²) in [5, 5.41) is 3.75. The van der Waals surface area contributed by atoms with Gasteiger partial charge >= 0.3 is 0 Å². The van der Waals surface area contributed by atoms with Gasteiger partial charge in [0.2, 0.25) is 0 Å². The van der Waals surface area contributed by atoms with Gasteiger partial charge in [0, 0.05) is 17.5 Å². The average molecular weight is 253 g/mol. The van der Waals surface area contributed by atoms with Gasteiger partial charge in [-0.3, -0.25) is 4.79 Å². The van der Waals surface area contributed by atoms with Crippen LogP contribution in [0.5, 0.6) is 0 Å². The van der Waals surface area contributed by atoms with Gasteiger partial charge in [0.05, 0.1) is 11.8 Å². The molecule has 0 spiro atoms. The van der Waals surface area contributed by atoms with Crippen LogP contribution in [0.2, 0.25) is 0 Å². The number of thioether (sulfide) groups is 1. The Morgan fingerprint density at radius 3 is 2.94 bits per heavy atom. The van der Waals surface area contributed by atoms with Crippen LogP contribution in [0.25, 0.3) is 0 Å². The monoisotopic (exact) mass is 253 g/mol. The Balaban J connectivity index is 1.65. The third-order valence-corrected chi connectivity index (χ3v) is 4.53. The molecule has 1 amide bonds. The second kappa shape index (κ2) is 6.15. The van der Waals surface area contributed by atoms with Crippen LogP contribution in [0.1, 0.15) is 41.8 Å². The van der Waals surface area contributed by atoms with E-state index in [9.17, 15) is 4.79 Å². The molecule has 1 aliphatic rings. The lowest BCUT2D eigenvalue weighted by molar-refractivity contribution is 0.0954. The first kappa shape index (κ1) is 12.6. The molecule has 17 heavy (non-hydrogen) atoms. The zero-order valence-corrected chi connectivity index (χ0v) is 11.0. The van der Waals surface area contributed by atoms with Gasteiger partial charge in [-0.15, -0.1) is 0 Å². The molecule has 0 aliphatic heterocycles. The normalized spacial score (nSPS) is 16.3. The fourth-order valence-electron chi connectivity index (χ4n) is 2.16. The van der Waals surface area contributed by atoms with Crippen LogP contribution in [0.15, 0.2) is 16.7 Å². The number of carbonyl (C=O) groups excluding carboxylic acids is 1. The van der Waals surface area contributed by atoms with Gasteiger partial charge in [-0.1, -0.05) is 12.8 Å². The average Bonchev–Trinajstić information content (AvgIpc) is 2.95. The number of hydrogen-bond donors (Lipinski definition) is 1. The van der Waals surface area contributed by atoms with Gasteiger partial charge in [-0.05, 0) is 25.8 Å². The van der Waals surface area contributed by atoms with E-state index in [1.54, 1.807) is 12.3 Å². The SMILES string of the molecule is Cc1occc1C(=O)NCCSC1CCCC1. The molecular formula is C13H19NO2S. The number of furan rings is 1. The number of hydrogen-bond acceptors (Lipinski definition) is 3. The lowest BCUT2D eigenvalue weighted by atomic mass is 10.2. The highest BCUT2D eigenvalue weighted by Gasteiger charge is 2.15. The second-order valence-electron chi connectivity index (χ2n) is 4.42. The minimum absolute atomic E-state index is 0.0247. The largest absolute Gasteiger partial charge is 0.469 e. The number of aryl methyl sites for hydroxylation is 1. The van der Waals surface area contributed by atoms with Crippen LogP contribution in [0.3, 0.4) is 0 Å². The summed E-state index contributed by atoms with van der Waals surface area (Å²) in [6.45, 7) is 2.55. The topological polar surface area (TPSA) is 42.2 Å². The molecule has 2 rings (SSSR count). The molecule has 1 aromatic heterocycles. The van der Waals surface area contributed by atoms with Crippen molar-refractivity contribution < 1.29 is 9.21 Å². The standard InChI is InChI=1S/C13H19NO2S/c1-10-12(6-8-16-10)13(15)14-7-9-17-11-4-2-3-5-11/h6,8,11H,2-5,7,9H2,1H3,(H,14,15). The van der Waals surface area contributed by atoms with Crippen molar-refractivity contribution in [1.29, 1.82) is 0 Å². The predicted octanol–water partition coefficient (Wildman–Crippen LogP) is 2.99. The summed E-state index contributed by atoms with van der Waals surface area (Å²) in [4.78, 5) is 11.7. The molecule has 1 fully saturated rings. The highest BCUT2D eigenvalue weighted by molar-refractivity contribution is 7.99. The molecule has 1 aliphatic carbocycles. The molecule has 0 bridgehead atoms. The van der Waals surface area contributed by atoms with Crippen LogP contribution in [-0.4, -0.2) is 23.5 Å². The van der Waals surface area contributed by atoms with E-state index in [1.807, 2.05) is 18.7 Å². The maximum absolute atomic E-state index is 11.7. The molecule has 0 atom stereocenters. The highest BCUT2D eigenvalue weighted by atomic mass is 32.2. The Morgan fingerprint density at radius 2 is 2.29 bits per heavy atom. The smallest absolute Gasteiger partial charge is 0.254 e. The molecule has 1 aromatic rings. The molecule has 0 radical (unpaired) electrons. The Kier molecular flexibility index (Phi) is 4.54. The third-order valence-electron chi connectivity index (χ3n) is 3.15. The molecule has 0 saturated heterocycles. The van der Waals surface area contributed by atoms with E-state index < -0.39 is 0 Å². The van der Waals surface area contributed by atoms with Crippen molar-refractivity contribution in [3.05, 3.63) is 23.7 Å². The molecule has 4 heteroatoms. The van der Waals surface area contributed by atoms with Crippen molar-refractivity contribution in [3.63, 3.8) is 0 Å². The van der Waals surface area contributed by atoms with Gasteiger partial charge in [0.15, 0.2) is 0 Å². The van der Waals surface area contributed by atoms with E-state index in [4.69, 9.17) is 4.42 Å². The van der Waals surface area contributed by atoms with E-state index in [0.29, 0.717) is 11.3 Å². The van der Waals surface area contributed by atoms with Crippen LogP contribution in [0.4, 0.5) is 0 Å². The number of rotatable bonds is 5. The van der Waals surface area contributed by atoms with E-state index in [1.165, 1.54) is 25.7 Å². The maximum Gasteiger partial charge on any atom is 0.254 e. The van der Waals surface area contributed by atoms with Crippen molar-refractivity contribution >= 4 is 17.7 Å². The van der Waals surface area contributed by atoms with Crippen LogP contribution >= 0.6 is 11.8 Å². The predicted molar refractivity (Wildman–Crippen MR) is 70.5 cm³/mol. The zero-order chi connectivity index (χ0) is 12.1.